The van der Waals surface area contributed by atoms with Gasteiger partial charge in [-0.15, -0.1) is 11.3 Å². The molecule has 1 aliphatic rings. The van der Waals surface area contributed by atoms with E-state index in [-0.39, 0.29) is 17.7 Å². The molecule has 0 radical (unpaired) electrons. The van der Waals surface area contributed by atoms with Crippen molar-refractivity contribution in [3.05, 3.63) is 87.4 Å². The number of ether oxygens (including phenoxy) is 1. The molecule has 0 spiro atoms. The molecule has 30 heavy (non-hydrogen) atoms. The van der Waals surface area contributed by atoms with Crippen molar-refractivity contribution in [3.8, 4) is 0 Å². The largest absolute Gasteiger partial charge is 0.463 e. The minimum absolute atomic E-state index is 0.198. The molecule has 1 aromatic carbocycles. The maximum Gasteiger partial charge on any atom is 0.338 e. The number of hydrogen-bond acceptors (Lipinski definition) is 6. The first-order chi connectivity index (χ1) is 14.4. The Kier molecular flexibility index (Phi) is 5.86. The van der Waals surface area contributed by atoms with Crippen molar-refractivity contribution in [3.63, 3.8) is 0 Å². The van der Waals surface area contributed by atoms with Crippen LogP contribution in [0.5, 0.6) is 0 Å². The van der Waals surface area contributed by atoms with Crippen molar-refractivity contribution in [1.82, 2.24) is 4.57 Å². The number of aromatic nitrogens is 1. The van der Waals surface area contributed by atoms with E-state index in [1.165, 1.54) is 39.4 Å². The number of nitrogens with zero attached hydrogens (tertiary/aromatic N) is 2. The summed E-state index contributed by atoms with van der Waals surface area (Å²) in [6.07, 6.45) is 1.81. The highest BCUT2D eigenvalue weighted by Crippen LogP contribution is 2.30. The minimum Gasteiger partial charge on any atom is -0.463 e. The minimum atomic E-state index is -0.738. The van der Waals surface area contributed by atoms with Crippen LogP contribution in [-0.4, -0.2) is 17.1 Å². The summed E-state index contributed by atoms with van der Waals surface area (Å²) in [4.78, 5) is 32.0. The zero-order valence-corrected chi connectivity index (χ0v) is 19.2. The number of esters is 1. The normalized spacial score (nSPS) is 16.4. The Hall–Kier alpha value is -2.36. The summed E-state index contributed by atoms with van der Waals surface area (Å²) >= 11 is 6.19. The molecule has 2 aromatic heterocycles. The summed E-state index contributed by atoms with van der Waals surface area (Å²) < 4.78 is 21.7. The molecule has 1 atom stereocenters. The van der Waals surface area contributed by atoms with Crippen LogP contribution in [0.4, 0.5) is 4.39 Å². The molecular formula is C21H16BrFN2O3S2. The molecule has 3 aromatic rings. The number of rotatable bonds is 4. The van der Waals surface area contributed by atoms with Crippen LogP contribution in [0.2, 0.25) is 0 Å². The van der Waals surface area contributed by atoms with E-state index < -0.39 is 17.8 Å². The number of carbonyl (C=O) groups excluding carboxylic acids is 1. The third kappa shape index (κ3) is 3.84. The smallest absolute Gasteiger partial charge is 0.338 e. The van der Waals surface area contributed by atoms with E-state index in [4.69, 9.17) is 4.74 Å². The maximum absolute atomic E-state index is 13.5. The van der Waals surface area contributed by atoms with Crippen LogP contribution in [0.3, 0.4) is 0 Å². The molecule has 4 rings (SSSR count). The van der Waals surface area contributed by atoms with E-state index in [2.05, 4.69) is 20.9 Å². The van der Waals surface area contributed by atoms with Crippen LogP contribution in [0.15, 0.2) is 61.2 Å². The third-order valence-corrected chi connectivity index (χ3v) is 7.12. The van der Waals surface area contributed by atoms with Gasteiger partial charge in [-0.25, -0.2) is 14.2 Å². The molecule has 1 aliphatic heterocycles. The highest BCUT2D eigenvalue weighted by atomic mass is 79.9. The van der Waals surface area contributed by atoms with Crippen LogP contribution < -0.4 is 14.9 Å². The van der Waals surface area contributed by atoms with Crippen molar-refractivity contribution in [2.45, 2.75) is 19.9 Å². The van der Waals surface area contributed by atoms with E-state index >= 15 is 0 Å². The highest BCUT2D eigenvalue weighted by Gasteiger charge is 2.33. The number of carbonyl (C=O) groups is 1. The predicted molar refractivity (Wildman–Crippen MR) is 119 cm³/mol. The summed E-state index contributed by atoms with van der Waals surface area (Å²) in [6, 6.07) is 8.87. The Bertz CT molecular complexity index is 1340. The molecule has 0 saturated carbocycles. The van der Waals surface area contributed by atoms with Crippen molar-refractivity contribution < 1.29 is 13.9 Å². The van der Waals surface area contributed by atoms with Gasteiger partial charge in [-0.1, -0.05) is 23.5 Å². The second-order valence-electron chi connectivity index (χ2n) is 6.50. The molecule has 0 unspecified atom stereocenters. The molecule has 3 heterocycles. The zero-order valence-electron chi connectivity index (χ0n) is 16.0. The van der Waals surface area contributed by atoms with Gasteiger partial charge < -0.3 is 4.74 Å². The van der Waals surface area contributed by atoms with E-state index in [9.17, 15) is 14.0 Å². The summed E-state index contributed by atoms with van der Waals surface area (Å²) in [5.74, 6) is -0.933. The van der Waals surface area contributed by atoms with Gasteiger partial charge in [-0.2, -0.15) is 0 Å². The summed E-state index contributed by atoms with van der Waals surface area (Å²) in [5.41, 5.74) is 1.11. The Morgan fingerprint density at radius 1 is 1.27 bits per heavy atom. The number of thiazole rings is 1. The van der Waals surface area contributed by atoms with Gasteiger partial charge in [-0.05, 0) is 65.7 Å². The summed E-state index contributed by atoms with van der Waals surface area (Å²) in [7, 11) is 0. The Labute approximate surface area is 187 Å². The second kappa shape index (κ2) is 8.41. The first-order valence-corrected chi connectivity index (χ1v) is 11.5. The first-order valence-electron chi connectivity index (χ1n) is 9.09. The Morgan fingerprint density at radius 2 is 2.00 bits per heavy atom. The molecule has 5 nitrogen and oxygen atoms in total. The molecule has 9 heteroatoms. The van der Waals surface area contributed by atoms with Gasteiger partial charge in [-0.3, -0.25) is 9.36 Å². The molecule has 0 amide bonds. The fraction of sp³-hybridized carbons (Fsp3) is 0.190. The van der Waals surface area contributed by atoms with Gasteiger partial charge in [0.25, 0.3) is 5.56 Å². The number of allylic oxidation sites excluding steroid dienone is 1. The van der Waals surface area contributed by atoms with Crippen LogP contribution in [-0.2, 0) is 9.53 Å². The summed E-state index contributed by atoms with van der Waals surface area (Å²) in [6.45, 7) is 3.63. The van der Waals surface area contributed by atoms with E-state index in [0.29, 0.717) is 20.6 Å². The third-order valence-electron chi connectivity index (χ3n) is 4.57. The van der Waals surface area contributed by atoms with Crippen molar-refractivity contribution in [2.24, 2.45) is 4.99 Å². The fourth-order valence-electron chi connectivity index (χ4n) is 3.29. The number of fused-ring (bicyclic) bond motifs is 1. The molecule has 0 fully saturated rings. The van der Waals surface area contributed by atoms with Gasteiger partial charge >= 0.3 is 5.97 Å². The number of benzene rings is 1. The lowest BCUT2D eigenvalue weighted by molar-refractivity contribution is -0.139. The number of hydrogen-bond donors (Lipinski definition) is 0. The Balaban J connectivity index is 1.96. The molecule has 154 valence electrons. The monoisotopic (exact) mass is 506 g/mol. The quantitative estimate of drug-likeness (QED) is 0.506. The van der Waals surface area contributed by atoms with Gasteiger partial charge in [0.15, 0.2) is 4.80 Å². The van der Waals surface area contributed by atoms with Gasteiger partial charge in [0.05, 0.1) is 32.2 Å². The molecular weight excluding hydrogens is 491 g/mol. The highest BCUT2D eigenvalue weighted by molar-refractivity contribution is 9.11. The zero-order chi connectivity index (χ0) is 21.4. The average molecular weight is 507 g/mol. The van der Waals surface area contributed by atoms with Crippen molar-refractivity contribution >= 4 is 50.6 Å². The number of halogens is 2. The SMILES string of the molecule is CCOC(=O)C1=C(C)N=c2s/c(=C/c3ccc(Br)s3)c(=O)n2[C@H]1c1ccc(F)cc1. The van der Waals surface area contributed by atoms with Crippen molar-refractivity contribution in [1.29, 1.82) is 0 Å². The number of thiophene rings is 1. The van der Waals surface area contributed by atoms with E-state index in [0.717, 1.165) is 8.66 Å². The lowest BCUT2D eigenvalue weighted by Crippen LogP contribution is -2.39. The van der Waals surface area contributed by atoms with E-state index in [1.807, 2.05) is 18.2 Å². The van der Waals surface area contributed by atoms with Gasteiger partial charge in [0, 0.05) is 4.88 Å². The van der Waals surface area contributed by atoms with Crippen LogP contribution in [0.1, 0.15) is 30.3 Å². The first kappa shape index (κ1) is 20.9. The Morgan fingerprint density at radius 3 is 2.63 bits per heavy atom. The lowest BCUT2D eigenvalue weighted by Gasteiger charge is -2.24. The molecule has 0 N–H and O–H groups in total. The van der Waals surface area contributed by atoms with E-state index in [1.54, 1.807) is 26.0 Å². The van der Waals surface area contributed by atoms with Crippen molar-refractivity contribution in [2.75, 3.05) is 6.61 Å². The topological polar surface area (TPSA) is 60.7 Å². The van der Waals surface area contributed by atoms with Gasteiger partial charge in [0.2, 0.25) is 0 Å². The molecule has 0 aliphatic carbocycles. The van der Waals surface area contributed by atoms with Crippen LogP contribution >= 0.6 is 38.6 Å². The van der Waals surface area contributed by atoms with Crippen LogP contribution in [0.25, 0.3) is 6.08 Å². The lowest BCUT2D eigenvalue weighted by atomic mass is 9.96. The molecule has 0 saturated heterocycles. The maximum atomic E-state index is 13.5. The fourth-order valence-corrected chi connectivity index (χ4v) is 5.77. The van der Waals surface area contributed by atoms with Crippen LogP contribution in [0, 0.1) is 5.82 Å². The van der Waals surface area contributed by atoms with Gasteiger partial charge in [0.1, 0.15) is 5.82 Å². The molecule has 0 bridgehead atoms. The average Bonchev–Trinajstić information content (AvgIpc) is 3.24. The summed E-state index contributed by atoms with van der Waals surface area (Å²) in [5, 5.41) is 0. The standard InChI is InChI=1S/C21H16BrFN2O3S2/c1-3-28-20(27)17-11(2)24-21-25(18(17)12-4-6-13(23)7-5-12)19(26)15(30-21)10-14-8-9-16(22)29-14/h4-10,18H,3H2,1-2H3/b15-10+/t18-/m0/s1. The second-order valence-corrected chi connectivity index (χ2v) is 10.00. The predicted octanol–water partition coefficient (Wildman–Crippen LogP) is 3.76.